The molecule has 2 rings (SSSR count). The molecule has 1 aromatic carbocycles. The molecular formula is C19H29NO4. The first-order valence-corrected chi connectivity index (χ1v) is 8.32. The molecule has 0 saturated carbocycles. The summed E-state index contributed by atoms with van der Waals surface area (Å²) in [6.45, 7) is 12.5. The van der Waals surface area contributed by atoms with Gasteiger partial charge in [-0.1, -0.05) is 41.5 Å². The van der Waals surface area contributed by atoms with E-state index in [0.717, 1.165) is 16.7 Å². The van der Waals surface area contributed by atoms with E-state index < -0.39 is 6.10 Å². The number of carbonyl (C=O) groups is 1. The summed E-state index contributed by atoms with van der Waals surface area (Å²) in [7, 11) is 1.36. The summed E-state index contributed by atoms with van der Waals surface area (Å²) < 4.78 is 4.75. The molecular weight excluding hydrogens is 306 g/mol. The van der Waals surface area contributed by atoms with Crippen LogP contribution in [0.25, 0.3) is 0 Å². The lowest BCUT2D eigenvalue weighted by molar-refractivity contribution is -0.154. The summed E-state index contributed by atoms with van der Waals surface area (Å²) in [4.78, 5) is 17.0. The molecule has 24 heavy (non-hydrogen) atoms. The van der Waals surface area contributed by atoms with Gasteiger partial charge >= 0.3 is 5.97 Å². The summed E-state index contributed by atoms with van der Waals surface area (Å²) in [5.74, 6) is -0.0296. The highest BCUT2D eigenvalue weighted by Crippen LogP contribution is 2.42. The van der Waals surface area contributed by atoms with E-state index in [1.165, 1.54) is 7.11 Å². The van der Waals surface area contributed by atoms with Crippen LogP contribution in [0.15, 0.2) is 12.1 Å². The third-order valence-electron chi connectivity index (χ3n) is 4.42. The molecule has 5 heteroatoms. The van der Waals surface area contributed by atoms with Crippen LogP contribution in [0.5, 0.6) is 5.75 Å². The van der Waals surface area contributed by atoms with Gasteiger partial charge in [-0.05, 0) is 39.7 Å². The smallest absolute Gasteiger partial charge is 0.337 e. The standard InChI is InChI=1S/C19H29NO4/c1-18(2,3)12-8-11(9-13(16(12)21)19(4,5)6)14-10-15(24-20-14)17(22)23-7/h8-9,14-15,20-21H,10H2,1-7H3. The third-order valence-corrected chi connectivity index (χ3v) is 4.42. The van der Waals surface area contributed by atoms with Crippen LogP contribution >= 0.6 is 0 Å². The molecule has 0 aliphatic carbocycles. The maximum atomic E-state index is 11.7. The second-order valence-electron chi connectivity index (χ2n) is 8.50. The van der Waals surface area contributed by atoms with Crippen LogP contribution in [-0.2, 0) is 25.2 Å². The second kappa shape index (κ2) is 6.37. The van der Waals surface area contributed by atoms with Gasteiger partial charge in [0.05, 0.1) is 13.2 Å². The van der Waals surface area contributed by atoms with Crippen molar-refractivity contribution >= 4 is 5.97 Å². The van der Waals surface area contributed by atoms with Crippen LogP contribution in [-0.4, -0.2) is 24.3 Å². The lowest BCUT2D eigenvalue weighted by atomic mass is 9.77. The average Bonchev–Trinajstić information content (AvgIpc) is 2.94. The topological polar surface area (TPSA) is 67.8 Å². The highest BCUT2D eigenvalue weighted by atomic mass is 16.7. The first-order chi connectivity index (χ1) is 10.9. The van der Waals surface area contributed by atoms with Crippen LogP contribution in [0.1, 0.15) is 70.7 Å². The quantitative estimate of drug-likeness (QED) is 0.810. The van der Waals surface area contributed by atoms with Crippen LogP contribution in [0, 0.1) is 0 Å². The first kappa shape index (κ1) is 18.7. The van der Waals surface area contributed by atoms with Crippen LogP contribution in [0.4, 0.5) is 0 Å². The van der Waals surface area contributed by atoms with Crippen molar-refractivity contribution in [1.82, 2.24) is 5.48 Å². The Balaban J connectivity index is 2.46. The SMILES string of the molecule is COC(=O)C1CC(c2cc(C(C)(C)C)c(O)c(C(C)(C)C)c2)NO1. The fourth-order valence-corrected chi connectivity index (χ4v) is 2.96. The van der Waals surface area contributed by atoms with Gasteiger partial charge in [-0.25, -0.2) is 4.79 Å². The lowest BCUT2D eigenvalue weighted by Crippen LogP contribution is -2.22. The van der Waals surface area contributed by atoms with Crippen molar-refractivity contribution in [2.24, 2.45) is 0 Å². The largest absolute Gasteiger partial charge is 0.507 e. The fourth-order valence-electron chi connectivity index (χ4n) is 2.96. The normalized spacial score (nSPS) is 21.8. The van der Waals surface area contributed by atoms with Crippen molar-refractivity contribution in [3.05, 3.63) is 28.8 Å². The highest BCUT2D eigenvalue weighted by Gasteiger charge is 2.35. The van der Waals surface area contributed by atoms with Gasteiger partial charge in [-0.2, -0.15) is 5.48 Å². The number of nitrogens with one attached hydrogen (secondary N) is 1. The van der Waals surface area contributed by atoms with Crippen molar-refractivity contribution in [3.63, 3.8) is 0 Å². The maximum absolute atomic E-state index is 11.7. The van der Waals surface area contributed by atoms with Gasteiger partial charge < -0.3 is 9.84 Å². The van der Waals surface area contributed by atoms with Crippen molar-refractivity contribution in [2.45, 2.75) is 70.9 Å². The van der Waals surface area contributed by atoms with E-state index in [4.69, 9.17) is 9.57 Å². The number of phenols is 1. The van der Waals surface area contributed by atoms with Gasteiger partial charge in [0.15, 0.2) is 6.10 Å². The summed E-state index contributed by atoms with van der Waals surface area (Å²) in [5.41, 5.74) is 5.35. The molecule has 2 unspecified atom stereocenters. The predicted octanol–water partition coefficient (Wildman–Crippen LogP) is 3.49. The highest BCUT2D eigenvalue weighted by molar-refractivity contribution is 5.74. The Morgan fingerprint density at radius 2 is 1.67 bits per heavy atom. The minimum Gasteiger partial charge on any atom is -0.507 e. The molecule has 1 aromatic rings. The molecule has 1 fully saturated rings. The van der Waals surface area contributed by atoms with E-state index in [0.29, 0.717) is 12.2 Å². The Kier molecular flexibility index (Phi) is 4.98. The zero-order valence-corrected chi connectivity index (χ0v) is 15.7. The third kappa shape index (κ3) is 3.73. The zero-order valence-electron chi connectivity index (χ0n) is 15.7. The van der Waals surface area contributed by atoms with Gasteiger partial charge in [-0.3, -0.25) is 4.84 Å². The molecule has 1 aliphatic rings. The van der Waals surface area contributed by atoms with Gasteiger partial charge in [0.25, 0.3) is 0 Å². The van der Waals surface area contributed by atoms with Crippen molar-refractivity contribution in [3.8, 4) is 5.75 Å². The van der Waals surface area contributed by atoms with E-state index in [1.54, 1.807) is 0 Å². The van der Waals surface area contributed by atoms with E-state index in [2.05, 4.69) is 47.0 Å². The molecule has 2 atom stereocenters. The molecule has 0 spiro atoms. The number of carbonyl (C=O) groups excluding carboxylic acids is 1. The average molecular weight is 335 g/mol. The minimum absolute atomic E-state index is 0.114. The Labute approximate surface area is 144 Å². The number of methoxy groups -OCH3 is 1. The van der Waals surface area contributed by atoms with Gasteiger partial charge in [0.2, 0.25) is 0 Å². The van der Waals surface area contributed by atoms with E-state index in [9.17, 15) is 9.90 Å². The molecule has 1 heterocycles. The lowest BCUT2D eigenvalue weighted by Gasteiger charge is -2.29. The predicted molar refractivity (Wildman–Crippen MR) is 92.9 cm³/mol. The number of hydrogen-bond donors (Lipinski definition) is 2. The van der Waals surface area contributed by atoms with Gasteiger partial charge in [-0.15, -0.1) is 0 Å². The maximum Gasteiger partial charge on any atom is 0.337 e. The summed E-state index contributed by atoms with van der Waals surface area (Å²) >= 11 is 0. The molecule has 0 aromatic heterocycles. The molecule has 5 nitrogen and oxygen atoms in total. The molecule has 134 valence electrons. The zero-order chi connectivity index (χ0) is 18.3. The van der Waals surface area contributed by atoms with E-state index in [1.807, 2.05) is 12.1 Å². The molecule has 0 radical (unpaired) electrons. The Hall–Kier alpha value is -1.59. The molecule has 2 N–H and O–H groups in total. The second-order valence-corrected chi connectivity index (χ2v) is 8.50. The number of benzene rings is 1. The van der Waals surface area contributed by atoms with Gasteiger partial charge in [0, 0.05) is 6.42 Å². The fraction of sp³-hybridized carbons (Fsp3) is 0.632. The minimum atomic E-state index is -0.607. The Morgan fingerprint density at radius 1 is 1.17 bits per heavy atom. The van der Waals surface area contributed by atoms with Crippen LogP contribution in [0.3, 0.4) is 0 Å². The monoisotopic (exact) mass is 335 g/mol. The van der Waals surface area contributed by atoms with Crippen molar-refractivity contribution in [1.29, 1.82) is 0 Å². The number of hydrogen-bond acceptors (Lipinski definition) is 5. The number of aromatic hydroxyl groups is 1. The number of esters is 1. The summed E-state index contributed by atoms with van der Waals surface area (Å²) in [5, 5.41) is 10.8. The summed E-state index contributed by atoms with van der Waals surface area (Å²) in [6, 6.07) is 3.90. The summed E-state index contributed by atoms with van der Waals surface area (Å²) in [6.07, 6.45) is -0.102. The molecule has 0 bridgehead atoms. The van der Waals surface area contributed by atoms with Crippen LogP contribution in [0.2, 0.25) is 0 Å². The van der Waals surface area contributed by atoms with Gasteiger partial charge in [0.1, 0.15) is 5.75 Å². The number of hydroxylamine groups is 1. The number of phenolic OH excluding ortho intramolecular Hbond substituents is 1. The van der Waals surface area contributed by atoms with Crippen molar-refractivity contribution in [2.75, 3.05) is 7.11 Å². The van der Waals surface area contributed by atoms with E-state index >= 15 is 0 Å². The molecule has 1 saturated heterocycles. The number of rotatable bonds is 2. The Bertz CT molecular complexity index is 590. The van der Waals surface area contributed by atoms with E-state index in [-0.39, 0.29) is 22.8 Å². The molecule has 0 amide bonds. The Morgan fingerprint density at radius 3 is 2.08 bits per heavy atom. The van der Waals surface area contributed by atoms with Crippen molar-refractivity contribution < 1.29 is 19.5 Å². The number of ether oxygens (including phenoxy) is 1. The molecule has 1 aliphatic heterocycles. The first-order valence-electron chi connectivity index (χ1n) is 8.32. The van der Waals surface area contributed by atoms with Crippen LogP contribution < -0.4 is 5.48 Å².